The highest BCUT2D eigenvalue weighted by Gasteiger charge is 2.36. The quantitative estimate of drug-likeness (QED) is 0.876. The van der Waals surface area contributed by atoms with Crippen LogP contribution in [-0.2, 0) is 9.53 Å². The molecule has 1 saturated heterocycles. The number of ether oxygens (including phenoxy) is 1. The van der Waals surface area contributed by atoms with E-state index in [1.165, 1.54) is 4.90 Å². The first kappa shape index (κ1) is 19.9. The Labute approximate surface area is 164 Å². The number of nitrogens with one attached hydrogen (secondary N) is 1. The van der Waals surface area contributed by atoms with E-state index in [4.69, 9.17) is 4.74 Å². The van der Waals surface area contributed by atoms with Crippen molar-refractivity contribution in [2.45, 2.75) is 59.1 Å². The van der Waals surface area contributed by atoms with Gasteiger partial charge in [-0.3, -0.25) is 9.69 Å². The lowest BCUT2D eigenvalue weighted by Gasteiger charge is -2.28. The van der Waals surface area contributed by atoms with Crippen LogP contribution in [0.2, 0.25) is 0 Å². The number of aromatic nitrogens is 3. The molecular weight excluding hydrogens is 358 g/mol. The molecule has 150 valence electrons. The molecule has 8 nitrogen and oxygen atoms in total. The van der Waals surface area contributed by atoms with Gasteiger partial charge in [-0.05, 0) is 65.7 Å². The Kier molecular flexibility index (Phi) is 5.40. The third kappa shape index (κ3) is 4.49. The zero-order valence-electron chi connectivity index (χ0n) is 17.0. The molecule has 0 unspecified atom stereocenters. The number of aryl methyl sites for hydroxylation is 2. The molecular formula is C20H27N5O3. The molecule has 2 aromatic heterocycles. The van der Waals surface area contributed by atoms with Crippen LogP contribution in [-0.4, -0.2) is 49.9 Å². The van der Waals surface area contributed by atoms with Crippen molar-refractivity contribution in [1.82, 2.24) is 19.7 Å². The van der Waals surface area contributed by atoms with Gasteiger partial charge in [0.15, 0.2) is 5.82 Å². The number of carbonyl (C=O) groups excluding carboxylic acids is 2. The fourth-order valence-corrected chi connectivity index (χ4v) is 3.25. The third-order valence-electron chi connectivity index (χ3n) is 4.43. The van der Waals surface area contributed by atoms with E-state index in [9.17, 15) is 9.59 Å². The number of hydrogen-bond donors (Lipinski definition) is 1. The van der Waals surface area contributed by atoms with E-state index in [1.54, 1.807) is 23.0 Å². The maximum absolute atomic E-state index is 12.7. The first-order valence-electron chi connectivity index (χ1n) is 9.44. The van der Waals surface area contributed by atoms with Gasteiger partial charge in [0.1, 0.15) is 11.6 Å². The van der Waals surface area contributed by atoms with Crippen LogP contribution in [0, 0.1) is 13.8 Å². The molecule has 3 rings (SSSR count). The van der Waals surface area contributed by atoms with E-state index in [0.29, 0.717) is 24.5 Å². The summed E-state index contributed by atoms with van der Waals surface area (Å²) >= 11 is 0. The summed E-state index contributed by atoms with van der Waals surface area (Å²) in [5.74, 6) is 0.448. The van der Waals surface area contributed by atoms with Crippen molar-refractivity contribution in [3.63, 3.8) is 0 Å². The van der Waals surface area contributed by atoms with E-state index in [1.807, 2.05) is 40.7 Å². The van der Waals surface area contributed by atoms with Gasteiger partial charge in [-0.15, -0.1) is 0 Å². The first-order valence-corrected chi connectivity index (χ1v) is 9.44. The number of hydrogen-bond acceptors (Lipinski definition) is 5. The smallest absolute Gasteiger partial charge is 0.410 e. The second kappa shape index (κ2) is 7.61. The summed E-state index contributed by atoms with van der Waals surface area (Å²) in [7, 11) is 0. The summed E-state index contributed by atoms with van der Waals surface area (Å²) in [6, 6.07) is 5.02. The maximum Gasteiger partial charge on any atom is 0.410 e. The summed E-state index contributed by atoms with van der Waals surface area (Å²) in [4.78, 5) is 31.0. The second-order valence-electron chi connectivity index (χ2n) is 8.06. The SMILES string of the molecule is Cc1cc(C)n(-c2ccc(NC(=O)[C@@H]3CCCN3C(=O)OC(C)(C)C)cn2)n1. The van der Waals surface area contributed by atoms with Crippen molar-refractivity contribution in [2.24, 2.45) is 0 Å². The highest BCUT2D eigenvalue weighted by molar-refractivity contribution is 5.96. The molecule has 0 saturated carbocycles. The molecule has 28 heavy (non-hydrogen) atoms. The van der Waals surface area contributed by atoms with Crippen LogP contribution in [0.3, 0.4) is 0 Å². The summed E-state index contributed by atoms with van der Waals surface area (Å²) in [6.07, 6.45) is 2.52. The predicted octanol–water partition coefficient (Wildman–Crippen LogP) is 3.22. The lowest BCUT2D eigenvalue weighted by atomic mass is 10.2. The van der Waals surface area contributed by atoms with Crippen molar-refractivity contribution < 1.29 is 14.3 Å². The third-order valence-corrected chi connectivity index (χ3v) is 4.43. The zero-order chi connectivity index (χ0) is 20.5. The lowest BCUT2D eigenvalue weighted by molar-refractivity contribution is -0.120. The summed E-state index contributed by atoms with van der Waals surface area (Å²) < 4.78 is 7.17. The fraction of sp³-hybridized carbons (Fsp3) is 0.500. The maximum atomic E-state index is 12.7. The molecule has 0 spiro atoms. The van der Waals surface area contributed by atoms with Gasteiger partial charge in [0.05, 0.1) is 17.6 Å². The van der Waals surface area contributed by atoms with Crippen LogP contribution >= 0.6 is 0 Å². The van der Waals surface area contributed by atoms with E-state index < -0.39 is 17.7 Å². The van der Waals surface area contributed by atoms with Crippen LogP contribution in [0.5, 0.6) is 0 Å². The van der Waals surface area contributed by atoms with E-state index in [0.717, 1.165) is 17.8 Å². The van der Waals surface area contributed by atoms with E-state index in [2.05, 4.69) is 15.4 Å². The minimum atomic E-state index is -0.594. The minimum Gasteiger partial charge on any atom is -0.444 e. The molecule has 1 aliphatic heterocycles. The van der Waals surface area contributed by atoms with Crippen molar-refractivity contribution >= 4 is 17.7 Å². The average molecular weight is 385 g/mol. The molecule has 1 aliphatic rings. The zero-order valence-corrected chi connectivity index (χ0v) is 17.0. The van der Waals surface area contributed by atoms with Crippen LogP contribution < -0.4 is 5.32 Å². The van der Waals surface area contributed by atoms with Crippen molar-refractivity contribution in [3.8, 4) is 5.82 Å². The Morgan fingerprint density at radius 2 is 2.00 bits per heavy atom. The standard InChI is InChI=1S/C20H27N5O3/c1-13-11-14(2)25(23-13)17-9-8-15(12-21-17)22-18(26)16-7-6-10-24(16)19(27)28-20(3,4)5/h8-9,11-12,16H,6-7,10H2,1-5H3,(H,22,26)/t16-/m0/s1. The number of carbonyl (C=O) groups is 2. The number of pyridine rings is 1. The topological polar surface area (TPSA) is 89.4 Å². The van der Waals surface area contributed by atoms with E-state index in [-0.39, 0.29) is 5.91 Å². The van der Waals surface area contributed by atoms with Gasteiger partial charge in [-0.2, -0.15) is 5.10 Å². The number of amides is 2. The Morgan fingerprint density at radius 3 is 2.57 bits per heavy atom. The van der Waals surface area contributed by atoms with Crippen LogP contribution in [0.25, 0.3) is 5.82 Å². The molecule has 1 N–H and O–H groups in total. The highest BCUT2D eigenvalue weighted by atomic mass is 16.6. The van der Waals surface area contributed by atoms with Gasteiger partial charge in [0.2, 0.25) is 5.91 Å². The Bertz CT molecular complexity index is 867. The second-order valence-corrected chi connectivity index (χ2v) is 8.06. The first-order chi connectivity index (χ1) is 13.1. The number of likely N-dealkylation sites (tertiary alicyclic amines) is 1. The molecule has 0 radical (unpaired) electrons. The lowest BCUT2D eigenvalue weighted by Crippen LogP contribution is -2.45. The van der Waals surface area contributed by atoms with Crippen molar-refractivity contribution in [3.05, 3.63) is 35.8 Å². The van der Waals surface area contributed by atoms with Gasteiger partial charge in [0.25, 0.3) is 0 Å². The molecule has 0 bridgehead atoms. The fourth-order valence-electron chi connectivity index (χ4n) is 3.25. The number of anilines is 1. The molecule has 0 aromatic carbocycles. The highest BCUT2D eigenvalue weighted by Crippen LogP contribution is 2.22. The van der Waals surface area contributed by atoms with Crippen molar-refractivity contribution in [1.29, 1.82) is 0 Å². The van der Waals surface area contributed by atoms with Crippen LogP contribution in [0.15, 0.2) is 24.4 Å². The summed E-state index contributed by atoms with van der Waals surface area (Å²) in [5, 5.41) is 7.25. The number of rotatable bonds is 3. The van der Waals surface area contributed by atoms with E-state index >= 15 is 0 Å². The molecule has 8 heteroatoms. The summed E-state index contributed by atoms with van der Waals surface area (Å²) in [6.45, 7) is 9.84. The summed E-state index contributed by atoms with van der Waals surface area (Å²) in [5.41, 5.74) is 1.89. The predicted molar refractivity (Wildman–Crippen MR) is 105 cm³/mol. The Balaban J connectivity index is 1.67. The van der Waals surface area contributed by atoms with Crippen LogP contribution in [0.4, 0.5) is 10.5 Å². The van der Waals surface area contributed by atoms with Gasteiger partial charge in [-0.1, -0.05) is 0 Å². The average Bonchev–Trinajstić information content (AvgIpc) is 3.20. The van der Waals surface area contributed by atoms with Gasteiger partial charge in [0, 0.05) is 12.2 Å². The Morgan fingerprint density at radius 1 is 1.25 bits per heavy atom. The molecule has 3 heterocycles. The molecule has 2 amide bonds. The molecule has 0 aliphatic carbocycles. The van der Waals surface area contributed by atoms with Gasteiger partial charge >= 0.3 is 6.09 Å². The monoisotopic (exact) mass is 385 g/mol. The minimum absolute atomic E-state index is 0.232. The largest absolute Gasteiger partial charge is 0.444 e. The van der Waals surface area contributed by atoms with Crippen molar-refractivity contribution in [2.75, 3.05) is 11.9 Å². The normalized spacial score (nSPS) is 16.9. The Hall–Kier alpha value is -2.90. The molecule has 1 atom stereocenters. The van der Waals surface area contributed by atoms with Gasteiger partial charge in [-0.25, -0.2) is 14.5 Å². The van der Waals surface area contributed by atoms with Gasteiger partial charge < -0.3 is 10.1 Å². The van der Waals surface area contributed by atoms with Crippen LogP contribution in [0.1, 0.15) is 45.0 Å². The molecule has 2 aromatic rings. The number of nitrogens with zero attached hydrogens (tertiary/aromatic N) is 4. The molecule has 1 fully saturated rings.